The van der Waals surface area contributed by atoms with E-state index in [9.17, 15) is 4.39 Å². The zero-order chi connectivity index (χ0) is 11.4. The van der Waals surface area contributed by atoms with E-state index in [1.54, 1.807) is 24.7 Å². The summed E-state index contributed by atoms with van der Waals surface area (Å²) in [5.41, 5.74) is 1.99. The number of likely N-dealkylation sites (N-methyl/N-ethyl adjacent to an activating group) is 1. The molecule has 0 saturated heterocycles. The highest BCUT2D eigenvalue weighted by molar-refractivity contribution is 5.58. The van der Waals surface area contributed by atoms with Crippen LogP contribution in [0, 0.1) is 5.82 Å². The van der Waals surface area contributed by atoms with Gasteiger partial charge in [-0.15, -0.1) is 0 Å². The van der Waals surface area contributed by atoms with Crippen LogP contribution in [0.1, 0.15) is 0 Å². The van der Waals surface area contributed by atoms with Gasteiger partial charge < -0.3 is 9.88 Å². The van der Waals surface area contributed by atoms with Gasteiger partial charge in [-0.1, -0.05) is 0 Å². The van der Waals surface area contributed by atoms with E-state index in [1.165, 1.54) is 12.1 Å². The van der Waals surface area contributed by atoms with Crippen LogP contribution >= 0.6 is 0 Å². The molecule has 0 fully saturated rings. The number of halogens is 1. The third-order valence-corrected chi connectivity index (χ3v) is 2.45. The van der Waals surface area contributed by atoms with Gasteiger partial charge in [-0.25, -0.2) is 9.37 Å². The van der Waals surface area contributed by atoms with Crippen molar-refractivity contribution in [1.29, 1.82) is 0 Å². The Morgan fingerprint density at radius 1 is 1.31 bits per heavy atom. The Hall–Kier alpha value is -1.68. The van der Waals surface area contributed by atoms with E-state index in [1.807, 2.05) is 11.6 Å². The molecule has 1 aromatic heterocycles. The molecule has 84 valence electrons. The first-order valence-corrected chi connectivity index (χ1v) is 5.22. The number of nitrogens with one attached hydrogen (secondary N) is 1. The number of hydrogen-bond donors (Lipinski definition) is 1. The van der Waals surface area contributed by atoms with Crippen molar-refractivity contribution in [3.05, 3.63) is 42.6 Å². The molecule has 0 aliphatic heterocycles. The Morgan fingerprint density at radius 2 is 2.06 bits per heavy atom. The highest BCUT2D eigenvalue weighted by atomic mass is 19.1. The van der Waals surface area contributed by atoms with Crippen molar-refractivity contribution in [2.75, 3.05) is 13.6 Å². The lowest BCUT2D eigenvalue weighted by molar-refractivity contribution is 0.627. The van der Waals surface area contributed by atoms with Crippen molar-refractivity contribution < 1.29 is 4.39 Å². The summed E-state index contributed by atoms with van der Waals surface area (Å²) in [6.45, 7) is 1.73. The number of benzene rings is 1. The van der Waals surface area contributed by atoms with Gasteiger partial charge in [0.1, 0.15) is 5.82 Å². The second-order valence-corrected chi connectivity index (χ2v) is 3.58. The van der Waals surface area contributed by atoms with E-state index in [2.05, 4.69) is 10.3 Å². The van der Waals surface area contributed by atoms with Crippen LogP contribution in [-0.2, 0) is 6.54 Å². The third kappa shape index (κ3) is 2.28. The Bertz CT molecular complexity index is 448. The number of hydrogen-bond acceptors (Lipinski definition) is 2. The molecule has 0 aliphatic carbocycles. The molecule has 1 heterocycles. The average molecular weight is 219 g/mol. The molecule has 0 amide bonds. The van der Waals surface area contributed by atoms with E-state index in [0.717, 1.165) is 24.3 Å². The fourth-order valence-electron chi connectivity index (χ4n) is 1.59. The second kappa shape index (κ2) is 4.90. The monoisotopic (exact) mass is 219 g/mol. The second-order valence-electron chi connectivity index (χ2n) is 3.58. The van der Waals surface area contributed by atoms with Crippen molar-refractivity contribution in [2.45, 2.75) is 6.54 Å². The molecular weight excluding hydrogens is 205 g/mol. The lowest BCUT2D eigenvalue weighted by atomic mass is 10.1. The van der Waals surface area contributed by atoms with Gasteiger partial charge in [0.15, 0.2) is 0 Å². The van der Waals surface area contributed by atoms with Gasteiger partial charge in [0.2, 0.25) is 0 Å². The smallest absolute Gasteiger partial charge is 0.123 e. The van der Waals surface area contributed by atoms with Crippen LogP contribution in [0.2, 0.25) is 0 Å². The molecule has 0 radical (unpaired) electrons. The molecular formula is C12H14FN3. The molecule has 0 unspecified atom stereocenters. The van der Waals surface area contributed by atoms with Crippen molar-refractivity contribution >= 4 is 0 Å². The summed E-state index contributed by atoms with van der Waals surface area (Å²) < 4.78 is 14.8. The van der Waals surface area contributed by atoms with Crippen LogP contribution in [0.3, 0.4) is 0 Å². The lowest BCUT2D eigenvalue weighted by Crippen LogP contribution is -2.14. The predicted octanol–water partition coefficient (Wildman–Crippen LogP) is 1.91. The molecule has 1 N–H and O–H groups in total. The Morgan fingerprint density at radius 3 is 2.75 bits per heavy atom. The molecule has 0 saturated carbocycles. The molecule has 16 heavy (non-hydrogen) atoms. The molecule has 4 heteroatoms. The van der Waals surface area contributed by atoms with Gasteiger partial charge in [-0.05, 0) is 36.9 Å². The van der Waals surface area contributed by atoms with E-state index in [4.69, 9.17) is 0 Å². The van der Waals surface area contributed by atoms with E-state index in [0.29, 0.717) is 0 Å². The highest BCUT2D eigenvalue weighted by Gasteiger charge is 2.04. The molecule has 0 atom stereocenters. The summed E-state index contributed by atoms with van der Waals surface area (Å²) in [5, 5.41) is 3.09. The van der Waals surface area contributed by atoms with Crippen LogP contribution in [-0.4, -0.2) is 23.1 Å². The van der Waals surface area contributed by atoms with E-state index >= 15 is 0 Å². The summed E-state index contributed by atoms with van der Waals surface area (Å²) in [6.07, 6.45) is 3.58. The molecule has 0 bridgehead atoms. The molecule has 1 aromatic carbocycles. The quantitative estimate of drug-likeness (QED) is 0.851. The number of rotatable bonds is 4. The van der Waals surface area contributed by atoms with Crippen molar-refractivity contribution in [1.82, 2.24) is 14.9 Å². The maximum absolute atomic E-state index is 12.8. The predicted molar refractivity (Wildman–Crippen MR) is 61.5 cm³/mol. The molecule has 0 spiro atoms. The van der Waals surface area contributed by atoms with Crippen LogP contribution < -0.4 is 5.32 Å². The maximum Gasteiger partial charge on any atom is 0.123 e. The Labute approximate surface area is 93.9 Å². The molecule has 0 aliphatic rings. The van der Waals surface area contributed by atoms with Crippen LogP contribution in [0.25, 0.3) is 11.3 Å². The SMILES string of the molecule is CNCCn1cncc1-c1ccc(F)cc1. The van der Waals surface area contributed by atoms with Crippen molar-refractivity contribution in [3.8, 4) is 11.3 Å². The summed E-state index contributed by atoms with van der Waals surface area (Å²) in [6, 6.07) is 6.46. The standard InChI is InChI=1S/C12H14FN3/c1-14-6-7-16-9-15-8-12(16)10-2-4-11(13)5-3-10/h2-5,8-9,14H,6-7H2,1H3. The minimum atomic E-state index is -0.218. The van der Waals surface area contributed by atoms with E-state index in [-0.39, 0.29) is 5.82 Å². The maximum atomic E-state index is 12.8. The third-order valence-electron chi connectivity index (χ3n) is 2.45. The summed E-state index contributed by atoms with van der Waals surface area (Å²) in [4.78, 5) is 4.12. The summed E-state index contributed by atoms with van der Waals surface area (Å²) >= 11 is 0. The van der Waals surface area contributed by atoms with E-state index < -0.39 is 0 Å². The number of nitrogens with zero attached hydrogens (tertiary/aromatic N) is 2. The van der Waals surface area contributed by atoms with Crippen LogP contribution in [0.5, 0.6) is 0 Å². The Kier molecular flexibility index (Phi) is 3.31. The fraction of sp³-hybridized carbons (Fsp3) is 0.250. The van der Waals surface area contributed by atoms with Crippen molar-refractivity contribution in [3.63, 3.8) is 0 Å². The summed E-state index contributed by atoms with van der Waals surface area (Å²) in [7, 11) is 1.91. The number of aromatic nitrogens is 2. The van der Waals surface area contributed by atoms with Gasteiger partial charge in [0.05, 0.1) is 18.2 Å². The first kappa shape index (κ1) is 10.8. The molecule has 3 nitrogen and oxygen atoms in total. The Balaban J connectivity index is 2.26. The number of imidazole rings is 1. The first-order chi connectivity index (χ1) is 7.81. The fourth-order valence-corrected chi connectivity index (χ4v) is 1.59. The first-order valence-electron chi connectivity index (χ1n) is 5.22. The zero-order valence-corrected chi connectivity index (χ0v) is 9.15. The van der Waals surface area contributed by atoms with Crippen LogP contribution in [0.15, 0.2) is 36.8 Å². The van der Waals surface area contributed by atoms with Gasteiger partial charge in [-0.3, -0.25) is 0 Å². The average Bonchev–Trinajstić information content (AvgIpc) is 2.75. The highest BCUT2D eigenvalue weighted by Crippen LogP contribution is 2.18. The largest absolute Gasteiger partial charge is 0.329 e. The zero-order valence-electron chi connectivity index (χ0n) is 9.15. The van der Waals surface area contributed by atoms with Crippen LogP contribution in [0.4, 0.5) is 4.39 Å². The van der Waals surface area contributed by atoms with Gasteiger partial charge in [-0.2, -0.15) is 0 Å². The van der Waals surface area contributed by atoms with Gasteiger partial charge >= 0.3 is 0 Å². The normalized spacial score (nSPS) is 10.6. The van der Waals surface area contributed by atoms with Gasteiger partial charge in [0.25, 0.3) is 0 Å². The minimum absolute atomic E-state index is 0.218. The topological polar surface area (TPSA) is 29.9 Å². The summed E-state index contributed by atoms with van der Waals surface area (Å²) in [5.74, 6) is -0.218. The molecule has 2 aromatic rings. The minimum Gasteiger partial charge on any atom is -0.329 e. The van der Waals surface area contributed by atoms with Gasteiger partial charge in [0, 0.05) is 13.1 Å². The molecule has 2 rings (SSSR count). The lowest BCUT2D eigenvalue weighted by Gasteiger charge is -2.07. The van der Waals surface area contributed by atoms with Crippen molar-refractivity contribution in [2.24, 2.45) is 0 Å².